The number of hydrogen-bond acceptors (Lipinski definition) is 11. The lowest BCUT2D eigenvalue weighted by Crippen LogP contribution is -2.41. The Morgan fingerprint density at radius 1 is 0.897 bits per heavy atom. The second-order valence-electron chi connectivity index (χ2n) is 5.27. The van der Waals surface area contributed by atoms with E-state index in [9.17, 15) is 28.8 Å². The van der Waals surface area contributed by atoms with Crippen molar-refractivity contribution in [1.29, 1.82) is 0 Å². The molecule has 1 heterocycles. The Hall–Kier alpha value is -3.77. The van der Waals surface area contributed by atoms with Crippen LogP contribution in [0.3, 0.4) is 0 Å². The fraction of sp³-hybridized carbons (Fsp3) is 0.438. The molecule has 0 radical (unpaired) electrons. The van der Waals surface area contributed by atoms with Gasteiger partial charge in [0.05, 0.1) is 19.8 Å². The van der Waals surface area contributed by atoms with E-state index in [-0.39, 0.29) is 69.8 Å². The van der Waals surface area contributed by atoms with Crippen molar-refractivity contribution in [3.63, 3.8) is 0 Å². The third-order valence-corrected chi connectivity index (χ3v) is 3.41. The molecule has 2 N–H and O–H groups in total. The molecular weight excluding hydrogens is 394 g/mol. The van der Waals surface area contributed by atoms with Gasteiger partial charge in [0.1, 0.15) is 5.71 Å². The molecule has 0 bridgehead atoms. The van der Waals surface area contributed by atoms with Gasteiger partial charge in [-0.15, -0.1) is 0 Å². The van der Waals surface area contributed by atoms with Crippen LogP contribution in [-0.2, 0) is 47.7 Å². The van der Waals surface area contributed by atoms with Crippen LogP contribution in [0.25, 0.3) is 0 Å². The molecular formula is C16H19N3O10. The Morgan fingerprint density at radius 2 is 1.41 bits per heavy atom. The van der Waals surface area contributed by atoms with Gasteiger partial charge in [-0.1, -0.05) is 0 Å². The Labute approximate surface area is 164 Å². The molecule has 29 heavy (non-hydrogen) atoms. The molecule has 1 aliphatic rings. The summed E-state index contributed by atoms with van der Waals surface area (Å²) in [6.45, 7) is 0.387. The molecule has 0 spiro atoms. The van der Waals surface area contributed by atoms with Crippen molar-refractivity contribution in [2.24, 2.45) is 4.99 Å². The van der Waals surface area contributed by atoms with Gasteiger partial charge in [0.25, 0.3) is 37.7 Å². The Morgan fingerprint density at radius 3 is 1.90 bits per heavy atom. The summed E-state index contributed by atoms with van der Waals surface area (Å²) in [7, 11) is 0. The standard InChI is InChI=1S/C16H19N3O10/c20-7-26-3-1-13(28-9-22)18-15(24)11-5-12(17-6-11)16(25)19-14(29-10-23)2-4-27-8-21/h5,7-10,13-14H,1-4,6H2,(H,18,24)(H,19,25)/t13-,14-/m1/s1. The number of carbonyl (C=O) groups excluding carboxylic acids is 6. The molecule has 0 aliphatic carbocycles. The molecule has 1 aliphatic heterocycles. The summed E-state index contributed by atoms with van der Waals surface area (Å²) in [5, 5.41) is 4.75. The van der Waals surface area contributed by atoms with Gasteiger partial charge in [0.2, 0.25) is 0 Å². The fourth-order valence-corrected chi connectivity index (χ4v) is 2.09. The lowest BCUT2D eigenvalue weighted by atomic mass is 10.2. The number of hydrogen-bond donors (Lipinski definition) is 2. The Bertz CT molecular complexity index is 676. The predicted molar refractivity (Wildman–Crippen MR) is 91.8 cm³/mol. The Kier molecular flexibility index (Phi) is 10.8. The number of rotatable bonds is 16. The lowest BCUT2D eigenvalue weighted by molar-refractivity contribution is -0.141. The van der Waals surface area contributed by atoms with Gasteiger partial charge in [-0.2, -0.15) is 0 Å². The van der Waals surface area contributed by atoms with Gasteiger partial charge in [-0.3, -0.25) is 33.8 Å². The van der Waals surface area contributed by atoms with Crippen LogP contribution in [0, 0.1) is 0 Å². The van der Waals surface area contributed by atoms with Crippen molar-refractivity contribution in [3.8, 4) is 0 Å². The first-order chi connectivity index (χ1) is 14.0. The highest BCUT2D eigenvalue weighted by atomic mass is 16.6. The van der Waals surface area contributed by atoms with Crippen molar-refractivity contribution < 1.29 is 47.7 Å². The molecule has 0 aromatic rings. The molecule has 0 saturated carbocycles. The van der Waals surface area contributed by atoms with E-state index in [4.69, 9.17) is 0 Å². The maximum Gasteiger partial charge on any atom is 0.295 e. The maximum absolute atomic E-state index is 12.2. The zero-order valence-corrected chi connectivity index (χ0v) is 15.1. The van der Waals surface area contributed by atoms with Gasteiger partial charge in [-0.25, -0.2) is 0 Å². The third kappa shape index (κ3) is 8.64. The van der Waals surface area contributed by atoms with Gasteiger partial charge in [-0.05, 0) is 6.08 Å². The maximum atomic E-state index is 12.2. The number of aliphatic imine (C=N–C) groups is 1. The quantitative estimate of drug-likeness (QED) is 0.121. The number of amides is 2. The summed E-state index contributed by atoms with van der Waals surface area (Å²) < 4.78 is 18.3. The van der Waals surface area contributed by atoms with E-state index in [1.807, 2.05) is 0 Å². The normalized spacial score (nSPS) is 14.2. The first-order valence-electron chi connectivity index (χ1n) is 8.21. The van der Waals surface area contributed by atoms with Crippen LogP contribution in [0.2, 0.25) is 0 Å². The van der Waals surface area contributed by atoms with E-state index in [0.29, 0.717) is 0 Å². The van der Waals surface area contributed by atoms with E-state index >= 15 is 0 Å². The zero-order valence-electron chi connectivity index (χ0n) is 15.1. The topological polar surface area (TPSA) is 176 Å². The largest absolute Gasteiger partial charge is 0.468 e. The number of nitrogens with one attached hydrogen (secondary N) is 2. The Balaban J connectivity index is 2.62. The number of nitrogens with zero attached hydrogens (tertiary/aromatic N) is 1. The minimum atomic E-state index is -1.06. The molecule has 2 amide bonds. The molecule has 0 fully saturated rings. The minimum Gasteiger partial charge on any atom is -0.468 e. The van der Waals surface area contributed by atoms with Gasteiger partial charge in [0, 0.05) is 18.4 Å². The van der Waals surface area contributed by atoms with Crippen molar-refractivity contribution in [2.75, 3.05) is 19.8 Å². The van der Waals surface area contributed by atoms with Crippen molar-refractivity contribution >= 4 is 43.4 Å². The van der Waals surface area contributed by atoms with Crippen LogP contribution in [-0.4, -0.2) is 75.6 Å². The monoisotopic (exact) mass is 413 g/mol. The number of carbonyl (C=O) groups is 6. The molecule has 1 rings (SSSR count). The van der Waals surface area contributed by atoms with Crippen LogP contribution >= 0.6 is 0 Å². The first kappa shape index (κ1) is 23.3. The zero-order chi connectivity index (χ0) is 21.5. The highest BCUT2D eigenvalue weighted by Gasteiger charge is 2.24. The molecule has 0 unspecified atom stereocenters. The van der Waals surface area contributed by atoms with Crippen molar-refractivity contribution in [3.05, 3.63) is 11.6 Å². The molecule has 2 atom stereocenters. The average molecular weight is 413 g/mol. The molecule has 158 valence electrons. The second-order valence-corrected chi connectivity index (χ2v) is 5.27. The molecule has 0 aromatic carbocycles. The molecule has 0 saturated heterocycles. The molecule has 13 nitrogen and oxygen atoms in total. The summed E-state index contributed by atoms with van der Waals surface area (Å²) in [6, 6.07) is 0. The van der Waals surface area contributed by atoms with Crippen LogP contribution < -0.4 is 10.6 Å². The summed E-state index contributed by atoms with van der Waals surface area (Å²) >= 11 is 0. The van der Waals surface area contributed by atoms with E-state index in [1.165, 1.54) is 6.08 Å². The second kappa shape index (κ2) is 13.4. The van der Waals surface area contributed by atoms with Crippen molar-refractivity contribution in [1.82, 2.24) is 10.6 Å². The van der Waals surface area contributed by atoms with Crippen LogP contribution in [0.4, 0.5) is 0 Å². The van der Waals surface area contributed by atoms with E-state index in [0.717, 1.165) is 0 Å². The summed E-state index contributed by atoms with van der Waals surface area (Å²) in [4.78, 5) is 69.6. The smallest absolute Gasteiger partial charge is 0.295 e. The first-order valence-corrected chi connectivity index (χ1v) is 8.21. The van der Waals surface area contributed by atoms with E-state index in [1.54, 1.807) is 0 Å². The highest BCUT2D eigenvalue weighted by Crippen LogP contribution is 2.08. The van der Waals surface area contributed by atoms with Gasteiger partial charge < -0.3 is 29.6 Å². The predicted octanol–water partition coefficient (Wildman–Crippen LogP) is -2.28. The van der Waals surface area contributed by atoms with Gasteiger partial charge >= 0.3 is 0 Å². The highest BCUT2D eigenvalue weighted by molar-refractivity contribution is 6.44. The van der Waals surface area contributed by atoms with Crippen molar-refractivity contribution in [2.45, 2.75) is 25.3 Å². The fourth-order valence-electron chi connectivity index (χ4n) is 2.09. The van der Waals surface area contributed by atoms with Crippen LogP contribution in [0.1, 0.15) is 12.8 Å². The molecule has 0 aromatic heterocycles. The third-order valence-electron chi connectivity index (χ3n) is 3.41. The summed E-state index contributed by atoms with van der Waals surface area (Å²) in [5.41, 5.74) is 0.0196. The van der Waals surface area contributed by atoms with Crippen LogP contribution in [0.15, 0.2) is 16.6 Å². The minimum absolute atomic E-state index is 0.0150. The summed E-state index contributed by atoms with van der Waals surface area (Å²) in [5.74, 6) is -1.36. The lowest BCUT2D eigenvalue weighted by Gasteiger charge is -2.16. The molecule has 13 heteroatoms. The summed E-state index contributed by atoms with van der Waals surface area (Å²) in [6.07, 6.45) is -0.844. The average Bonchev–Trinajstić information content (AvgIpc) is 3.19. The SMILES string of the molecule is O=COCC[C@H](NC(=O)C1=CC(C(=O)N[C@@H](CCOC=O)OC=O)=NC1)OC=O. The van der Waals surface area contributed by atoms with E-state index < -0.39 is 24.3 Å². The number of ether oxygens (including phenoxy) is 4. The van der Waals surface area contributed by atoms with Gasteiger partial charge in [0.15, 0.2) is 12.5 Å². The van der Waals surface area contributed by atoms with E-state index in [2.05, 4.69) is 34.6 Å². The van der Waals surface area contributed by atoms with Crippen LogP contribution in [0.5, 0.6) is 0 Å².